The zero-order valence-corrected chi connectivity index (χ0v) is 13.3. The lowest BCUT2D eigenvalue weighted by molar-refractivity contribution is 0.574. The molecule has 0 bridgehead atoms. The summed E-state index contributed by atoms with van der Waals surface area (Å²) in [4.78, 5) is 1.05. The van der Waals surface area contributed by atoms with Gasteiger partial charge in [0.15, 0.2) is 0 Å². The Morgan fingerprint density at radius 3 is 2.70 bits per heavy atom. The normalized spacial score (nSPS) is 21.9. The van der Waals surface area contributed by atoms with Crippen molar-refractivity contribution < 1.29 is 8.42 Å². The maximum atomic E-state index is 11.9. The standard InChI is InChI=1S/C14H22N2O2S2/c1-2-3-11-10-14(11)16-20(17,18)9-8-19-13-6-4-12(15)5-7-13/h4-7,11,14,16H,2-3,8-10,15H2,1H3. The van der Waals surface area contributed by atoms with Gasteiger partial charge in [-0.3, -0.25) is 0 Å². The summed E-state index contributed by atoms with van der Waals surface area (Å²) in [5.74, 6) is 1.28. The number of nitrogens with one attached hydrogen (secondary N) is 1. The average Bonchev–Trinajstić information content (AvgIpc) is 3.09. The molecular formula is C14H22N2O2S2. The second-order valence-electron chi connectivity index (χ2n) is 5.25. The van der Waals surface area contributed by atoms with Gasteiger partial charge >= 0.3 is 0 Å². The Balaban J connectivity index is 1.71. The van der Waals surface area contributed by atoms with Crippen LogP contribution in [0.2, 0.25) is 0 Å². The molecule has 2 unspecified atom stereocenters. The number of anilines is 1. The lowest BCUT2D eigenvalue weighted by atomic mass is 10.2. The van der Waals surface area contributed by atoms with Crippen molar-refractivity contribution in [1.29, 1.82) is 0 Å². The van der Waals surface area contributed by atoms with E-state index in [1.165, 1.54) is 11.8 Å². The molecule has 2 rings (SSSR count). The van der Waals surface area contributed by atoms with E-state index in [2.05, 4.69) is 11.6 Å². The van der Waals surface area contributed by atoms with Crippen molar-refractivity contribution in [2.45, 2.75) is 37.1 Å². The zero-order valence-electron chi connectivity index (χ0n) is 11.7. The van der Waals surface area contributed by atoms with Gasteiger partial charge in [-0.25, -0.2) is 13.1 Å². The van der Waals surface area contributed by atoms with Gasteiger partial charge in [0.25, 0.3) is 0 Å². The summed E-state index contributed by atoms with van der Waals surface area (Å²) < 4.78 is 26.7. The number of nitrogen functional groups attached to an aromatic ring is 1. The molecule has 1 aliphatic carbocycles. The first-order chi connectivity index (χ1) is 9.50. The first-order valence-corrected chi connectivity index (χ1v) is 9.62. The second kappa shape index (κ2) is 6.83. The molecule has 112 valence electrons. The number of rotatable bonds is 8. The summed E-state index contributed by atoms with van der Waals surface area (Å²) in [6.45, 7) is 2.13. The van der Waals surface area contributed by atoms with E-state index in [1.807, 2.05) is 24.3 Å². The number of hydrogen-bond donors (Lipinski definition) is 2. The predicted molar refractivity (Wildman–Crippen MR) is 85.3 cm³/mol. The minimum absolute atomic E-state index is 0.164. The quantitative estimate of drug-likeness (QED) is 0.571. The van der Waals surface area contributed by atoms with E-state index in [4.69, 9.17) is 5.73 Å². The van der Waals surface area contributed by atoms with E-state index >= 15 is 0 Å². The van der Waals surface area contributed by atoms with Crippen LogP contribution in [0.1, 0.15) is 26.2 Å². The van der Waals surface area contributed by atoms with Crippen molar-refractivity contribution in [3.05, 3.63) is 24.3 Å². The molecule has 1 saturated carbocycles. The van der Waals surface area contributed by atoms with Crippen LogP contribution < -0.4 is 10.5 Å². The molecule has 0 aromatic heterocycles. The van der Waals surface area contributed by atoms with Crippen molar-refractivity contribution in [1.82, 2.24) is 4.72 Å². The van der Waals surface area contributed by atoms with Crippen LogP contribution in [0.25, 0.3) is 0 Å². The Bertz CT molecular complexity index is 529. The van der Waals surface area contributed by atoms with Gasteiger partial charge in [0.05, 0.1) is 5.75 Å². The maximum absolute atomic E-state index is 11.9. The Morgan fingerprint density at radius 1 is 1.35 bits per heavy atom. The molecule has 1 fully saturated rings. The molecule has 2 atom stereocenters. The minimum atomic E-state index is -3.14. The van der Waals surface area contributed by atoms with Crippen LogP contribution in [0.3, 0.4) is 0 Å². The summed E-state index contributed by atoms with van der Waals surface area (Å²) in [6, 6.07) is 7.67. The van der Waals surface area contributed by atoms with E-state index in [-0.39, 0.29) is 11.8 Å². The molecule has 0 spiro atoms. The molecule has 0 saturated heterocycles. The van der Waals surface area contributed by atoms with Gasteiger partial charge < -0.3 is 5.73 Å². The second-order valence-corrected chi connectivity index (χ2v) is 8.29. The number of hydrogen-bond acceptors (Lipinski definition) is 4. The third-order valence-electron chi connectivity index (χ3n) is 3.41. The number of thioether (sulfide) groups is 1. The maximum Gasteiger partial charge on any atom is 0.212 e. The fourth-order valence-electron chi connectivity index (χ4n) is 2.20. The first kappa shape index (κ1) is 15.7. The molecular weight excluding hydrogens is 292 g/mol. The molecule has 0 amide bonds. The summed E-state index contributed by atoms with van der Waals surface area (Å²) >= 11 is 1.54. The van der Waals surface area contributed by atoms with Gasteiger partial charge in [-0.2, -0.15) is 0 Å². The molecule has 4 nitrogen and oxygen atoms in total. The van der Waals surface area contributed by atoms with Gasteiger partial charge in [0.2, 0.25) is 10.0 Å². The lowest BCUT2D eigenvalue weighted by Crippen LogP contribution is -2.30. The van der Waals surface area contributed by atoms with E-state index in [0.29, 0.717) is 11.7 Å². The fraction of sp³-hybridized carbons (Fsp3) is 0.571. The summed E-state index contributed by atoms with van der Waals surface area (Å²) in [5, 5.41) is 0. The van der Waals surface area contributed by atoms with E-state index in [1.54, 1.807) is 0 Å². The third kappa shape index (κ3) is 5.00. The molecule has 0 aliphatic heterocycles. The van der Waals surface area contributed by atoms with Crippen molar-refractivity contribution in [3.63, 3.8) is 0 Å². The minimum Gasteiger partial charge on any atom is -0.399 e. The van der Waals surface area contributed by atoms with Gasteiger partial charge in [-0.15, -0.1) is 11.8 Å². The lowest BCUT2D eigenvalue weighted by Gasteiger charge is -2.06. The van der Waals surface area contributed by atoms with E-state index in [0.717, 1.165) is 29.8 Å². The monoisotopic (exact) mass is 314 g/mol. The largest absolute Gasteiger partial charge is 0.399 e. The summed E-state index contributed by atoms with van der Waals surface area (Å²) in [5.41, 5.74) is 6.33. The Kier molecular flexibility index (Phi) is 5.35. The third-order valence-corrected chi connectivity index (χ3v) is 6.09. The molecule has 3 N–H and O–H groups in total. The molecule has 1 aromatic carbocycles. The fourth-order valence-corrected chi connectivity index (χ4v) is 4.85. The van der Waals surface area contributed by atoms with Crippen molar-refractivity contribution in [2.75, 3.05) is 17.2 Å². The highest BCUT2D eigenvalue weighted by Gasteiger charge is 2.38. The smallest absolute Gasteiger partial charge is 0.212 e. The average molecular weight is 314 g/mol. The molecule has 0 radical (unpaired) electrons. The van der Waals surface area contributed by atoms with Crippen LogP contribution in [-0.4, -0.2) is 26.0 Å². The van der Waals surface area contributed by atoms with Crippen LogP contribution in [0.5, 0.6) is 0 Å². The molecule has 0 heterocycles. The number of sulfonamides is 1. The van der Waals surface area contributed by atoms with Gasteiger partial charge in [0, 0.05) is 22.4 Å². The molecule has 1 aliphatic rings. The van der Waals surface area contributed by atoms with Gasteiger partial charge in [0.1, 0.15) is 0 Å². The summed E-state index contributed by atoms with van der Waals surface area (Å²) in [6.07, 6.45) is 3.24. The Labute approximate surface area is 125 Å². The van der Waals surface area contributed by atoms with E-state index < -0.39 is 10.0 Å². The topological polar surface area (TPSA) is 72.2 Å². The van der Waals surface area contributed by atoms with Gasteiger partial charge in [-0.05, 0) is 43.0 Å². The number of nitrogens with two attached hydrogens (primary N) is 1. The van der Waals surface area contributed by atoms with Gasteiger partial charge in [-0.1, -0.05) is 13.3 Å². The van der Waals surface area contributed by atoms with Crippen LogP contribution in [0.4, 0.5) is 5.69 Å². The highest BCUT2D eigenvalue weighted by molar-refractivity contribution is 8.00. The highest BCUT2D eigenvalue weighted by Crippen LogP contribution is 2.35. The SMILES string of the molecule is CCCC1CC1NS(=O)(=O)CCSc1ccc(N)cc1. The van der Waals surface area contributed by atoms with Crippen LogP contribution >= 0.6 is 11.8 Å². The van der Waals surface area contributed by atoms with Crippen molar-refractivity contribution in [3.8, 4) is 0 Å². The van der Waals surface area contributed by atoms with E-state index in [9.17, 15) is 8.42 Å². The van der Waals surface area contributed by atoms with Crippen LogP contribution in [0.15, 0.2) is 29.2 Å². The molecule has 20 heavy (non-hydrogen) atoms. The Hall–Kier alpha value is -0.720. The zero-order chi connectivity index (χ0) is 14.6. The molecule has 6 heteroatoms. The van der Waals surface area contributed by atoms with Crippen LogP contribution in [0, 0.1) is 5.92 Å². The highest BCUT2D eigenvalue weighted by atomic mass is 32.2. The van der Waals surface area contributed by atoms with Crippen LogP contribution in [-0.2, 0) is 10.0 Å². The summed E-state index contributed by atoms with van der Waals surface area (Å²) in [7, 11) is -3.14. The Morgan fingerprint density at radius 2 is 2.05 bits per heavy atom. The van der Waals surface area contributed by atoms with Crippen molar-refractivity contribution in [2.24, 2.45) is 5.92 Å². The predicted octanol–water partition coefficient (Wildman–Crippen LogP) is 2.47. The molecule has 1 aromatic rings. The number of benzene rings is 1. The first-order valence-electron chi connectivity index (χ1n) is 6.98. The van der Waals surface area contributed by atoms with Crippen molar-refractivity contribution >= 4 is 27.5 Å².